The number of rotatable bonds is 2. The van der Waals surface area contributed by atoms with E-state index < -0.39 is 0 Å². The molecule has 0 amide bonds. The second kappa shape index (κ2) is 4.59. The lowest BCUT2D eigenvalue weighted by Crippen LogP contribution is -1.99. The summed E-state index contributed by atoms with van der Waals surface area (Å²) in [5.41, 5.74) is 5.12. The zero-order valence-electron chi connectivity index (χ0n) is 11.6. The highest BCUT2D eigenvalue weighted by atomic mass is 15.5. The van der Waals surface area contributed by atoms with Crippen molar-refractivity contribution in [2.75, 3.05) is 0 Å². The first-order valence-corrected chi connectivity index (χ1v) is 6.88. The van der Waals surface area contributed by atoms with Crippen LogP contribution in [0.2, 0.25) is 0 Å². The molecule has 0 fully saturated rings. The van der Waals surface area contributed by atoms with Gasteiger partial charge in [0.2, 0.25) is 0 Å². The number of nitrogens with one attached hydrogen (secondary N) is 1. The molecule has 4 heteroatoms. The molecule has 0 aliphatic carbocycles. The van der Waals surface area contributed by atoms with Crippen LogP contribution in [-0.2, 0) is 0 Å². The Morgan fingerprint density at radius 1 is 0.952 bits per heavy atom. The van der Waals surface area contributed by atoms with Gasteiger partial charge in [0.1, 0.15) is 11.4 Å². The van der Waals surface area contributed by atoms with Crippen LogP contribution in [0.25, 0.3) is 27.8 Å². The molecule has 102 valence electrons. The van der Waals surface area contributed by atoms with Gasteiger partial charge in [0.25, 0.3) is 0 Å². The van der Waals surface area contributed by atoms with Gasteiger partial charge in [-0.3, -0.25) is 0 Å². The van der Waals surface area contributed by atoms with Gasteiger partial charge in [-0.05, 0) is 13.0 Å². The molecule has 0 spiro atoms. The van der Waals surface area contributed by atoms with Gasteiger partial charge < -0.3 is 4.98 Å². The second-order valence-electron chi connectivity index (χ2n) is 5.03. The fourth-order valence-electron chi connectivity index (χ4n) is 2.63. The monoisotopic (exact) mass is 274 g/mol. The highest BCUT2D eigenvalue weighted by Crippen LogP contribution is 2.25. The predicted octanol–water partition coefficient (Wildman–Crippen LogP) is 3.72. The van der Waals surface area contributed by atoms with Gasteiger partial charge in [-0.25, -0.2) is 0 Å². The van der Waals surface area contributed by atoms with Crippen LogP contribution >= 0.6 is 0 Å². The van der Waals surface area contributed by atoms with Crippen molar-refractivity contribution in [1.82, 2.24) is 20.0 Å². The van der Waals surface area contributed by atoms with Crippen molar-refractivity contribution in [3.8, 4) is 16.9 Å². The van der Waals surface area contributed by atoms with Gasteiger partial charge in [0.15, 0.2) is 0 Å². The summed E-state index contributed by atoms with van der Waals surface area (Å²) in [6.07, 6.45) is 1.80. The van der Waals surface area contributed by atoms with E-state index in [0.717, 1.165) is 33.5 Å². The smallest absolute Gasteiger partial charge is 0.114 e. The molecule has 0 saturated heterocycles. The van der Waals surface area contributed by atoms with Crippen molar-refractivity contribution in [3.63, 3.8) is 0 Å². The average molecular weight is 274 g/mol. The first kappa shape index (κ1) is 11.9. The van der Waals surface area contributed by atoms with Crippen molar-refractivity contribution in [2.24, 2.45) is 0 Å². The molecule has 4 rings (SSSR count). The van der Waals surface area contributed by atoms with Gasteiger partial charge in [0.05, 0.1) is 6.20 Å². The predicted molar refractivity (Wildman–Crippen MR) is 83.4 cm³/mol. The van der Waals surface area contributed by atoms with Gasteiger partial charge in [-0.1, -0.05) is 48.5 Å². The molecule has 0 radical (unpaired) electrons. The topological polar surface area (TPSA) is 46.5 Å². The van der Waals surface area contributed by atoms with Crippen LogP contribution in [0.1, 0.15) is 5.69 Å². The van der Waals surface area contributed by atoms with E-state index in [2.05, 4.69) is 27.3 Å². The highest BCUT2D eigenvalue weighted by Gasteiger charge is 2.12. The highest BCUT2D eigenvalue weighted by molar-refractivity contribution is 5.89. The molecule has 4 nitrogen and oxygen atoms in total. The summed E-state index contributed by atoms with van der Waals surface area (Å²) >= 11 is 0. The van der Waals surface area contributed by atoms with Crippen LogP contribution in [0.15, 0.2) is 60.8 Å². The minimum atomic E-state index is 0.875. The maximum atomic E-state index is 4.62. The molecule has 0 aliphatic heterocycles. The normalized spacial score (nSPS) is 11.1. The van der Waals surface area contributed by atoms with E-state index in [9.17, 15) is 0 Å². The zero-order valence-corrected chi connectivity index (χ0v) is 11.6. The Morgan fingerprint density at radius 2 is 1.71 bits per heavy atom. The summed E-state index contributed by atoms with van der Waals surface area (Å²) in [6.45, 7) is 2.04. The van der Waals surface area contributed by atoms with E-state index in [1.165, 1.54) is 0 Å². The summed E-state index contributed by atoms with van der Waals surface area (Å²) in [6, 6.07) is 18.3. The number of para-hydroxylation sites is 1. The van der Waals surface area contributed by atoms with Crippen molar-refractivity contribution in [3.05, 3.63) is 66.5 Å². The molecule has 0 atom stereocenters. The van der Waals surface area contributed by atoms with Gasteiger partial charge in [0, 0.05) is 22.2 Å². The van der Waals surface area contributed by atoms with Crippen molar-refractivity contribution in [2.45, 2.75) is 6.92 Å². The Balaban J connectivity index is 1.87. The quantitative estimate of drug-likeness (QED) is 0.605. The third-order valence-electron chi connectivity index (χ3n) is 3.62. The molecular formula is C17H14N4. The number of aromatic nitrogens is 4. The Hall–Kier alpha value is -2.88. The number of H-pyrrole nitrogens is 1. The van der Waals surface area contributed by atoms with Crippen LogP contribution in [0.5, 0.6) is 0 Å². The van der Waals surface area contributed by atoms with Crippen LogP contribution in [0.4, 0.5) is 0 Å². The van der Waals surface area contributed by atoms with Crippen molar-refractivity contribution < 1.29 is 0 Å². The number of aryl methyl sites for hydroxylation is 1. The van der Waals surface area contributed by atoms with E-state index >= 15 is 0 Å². The Bertz CT molecular complexity index is 903. The Kier molecular flexibility index (Phi) is 2.60. The SMILES string of the molecule is Cc1[nH]c2ccccc2c1-n1ncc(-c2ccccc2)n1. The zero-order chi connectivity index (χ0) is 14.2. The van der Waals surface area contributed by atoms with Crippen LogP contribution in [-0.4, -0.2) is 20.0 Å². The second-order valence-corrected chi connectivity index (χ2v) is 5.03. The van der Waals surface area contributed by atoms with Gasteiger partial charge in [-0.15, -0.1) is 9.90 Å². The van der Waals surface area contributed by atoms with E-state index in [4.69, 9.17) is 0 Å². The Labute approximate surface area is 122 Å². The van der Waals surface area contributed by atoms with E-state index in [-0.39, 0.29) is 0 Å². The molecule has 2 aromatic carbocycles. The lowest BCUT2D eigenvalue weighted by Gasteiger charge is -1.99. The van der Waals surface area contributed by atoms with Crippen molar-refractivity contribution in [1.29, 1.82) is 0 Å². The number of aromatic amines is 1. The fraction of sp³-hybridized carbons (Fsp3) is 0.0588. The molecule has 0 saturated carbocycles. The molecule has 0 unspecified atom stereocenters. The number of nitrogens with zero attached hydrogens (tertiary/aromatic N) is 3. The summed E-state index contributed by atoms with van der Waals surface area (Å²) in [7, 11) is 0. The summed E-state index contributed by atoms with van der Waals surface area (Å²) in [5.74, 6) is 0. The molecule has 0 bridgehead atoms. The van der Waals surface area contributed by atoms with Crippen LogP contribution < -0.4 is 0 Å². The summed E-state index contributed by atoms with van der Waals surface area (Å²) in [4.78, 5) is 5.08. The first-order chi connectivity index (χ1) is 10.3. The largest absolute Gasteiger partial charge is 0.357 e. The molecule has 2 heterocycles. The lowest BCUT2D eigenvalue weighted by atomic mass is 10.2. The standard InChI is InChI=1S/C17H14N4/c1-12-17(14-9-5-6-10-15(14)19-12)21-18-11-16(20-21)13-7-3-2-4-8-13/h2-11,19H,1H3. The molecule has 2 aromatic heterocycles. The average Bonchev–Trinajstić information content (AvgIpc) is 3.11. The molecule has 4 aromatic rings. The fourth-order valence-corrected chi connectivity index (χ4v) is 2.63. The number of fused-ring (bicyclic) bond motifs is 1. The maximum Gasteiger partial charge on any atom is 0.114 e. The molecule has 21 heavy (non-hydrogen) atoms. The molecule has 0 aliphatic rings. The maximum absolute atomic E-state index is 4.62. The number of hydrogen-bond donors (Lipinski definition) is 1. The summed E-state index contributed by atoms with van der Waals surface area (Å²) < 4.78 is 0. The minimum Gasteiger partial charge on any atom is -0.357 e. The minimum absolute atomic E-state index is 0.875. The van der Waals surface area contributed by atoms with E-state index in [0.29, 0.717) is 0 Å². The van der Waals surface area contributed by atoms with Crippen LogP contribution in [0, 0.1) is 6.92 Å². The number of benzene rings is 2. The van der Waals surface area contributed by atoms with Crippen LogP contribution in [0.3, 0.4) is 0 Å². The van der Waals surface area contributed by atoms with Crippen molar-refractivity contribution >= 4 is 10.9 Å². The third kappa shape index (κ3) is 1.92. The summed E-state index contributed by atoms with van der Waals surface area (Å²) in [5, 5.41) is 10.2. The van der Waals surface area contributed by atoms with E-state index in [1.807, 2.05) is 49.4 Å². The Morgan fingerprint density at radius 3 is 2.57 bits per heavy atom. The van der Waals surface area contributed by atoms with Gasteiger partial charge in [-0.2, -0.15) is 5.10 Å². The lowest BCUT2D eigenvalue weighted by molar-refractivity contribution is 0.753. The first-order valence-electron chi connectivity index (χ1n) is 6.88. The molecular weight excluding hydrogens is 260 g/mol. The van der Waals surface area contributed by atoms with E-state index in [1.54, 1.807) is 11.0 Å². The van der Waals surface area contributed by atoms with Gasteiger partial charge >= 0.3 is 0 Å². The molecule has 1 N–H and O–H groups in total. The number of hydrogen-bond acceptors (Lipinski definition) is 2. The third-order valence-corrected chi connectivity index (χ3v) is 3.62.